The lowest BCUT2D eigenvalue weighted by molar-refractivity contribution is 0.133. The highest BCUT2D eigenvalue weighted by atomic mass is 16.5. The van der Waals surface area contributed by atoms with Crippen molar-refractivity contribution in [1.29, 1.82) is 0 Å². The van der Waals surface area contributed by atoms with Gasteiger partial charge >= 0.3 is 0 Å². The maximum absolute atomic E-state index is 8.42. The van der Waals surface area contributed by atoms with Crippen molar-refractivity contribution in [1.82, 2.24) is 5.32 Å². The van der Waals surface area contributed by atoms with Crippen molar-refractivity contribution in [2.75, 3.05) is 13.2 Å². The molecule has 5 nitrogen and oxygen atoms in total. The highest BCUT2D eigenvalue weighted by Crippen LogP contribution is 2.10. The van der Waals surface area contributed by atoms with Crippen molar-refractivity contribution in [2.45, 2.75) is 39.3 Å². The average molecular weight is 279 g/mol. The molecule has 4 N–H and O–H groups in total. The summed E-state index contributed by atoms with van der Waals surface area (Å²) in [6.07, 6.45) is 2.56. The van der Waals surface area contributed by atoms with Gasteiger partial charge in [0.2, 0.25) is 0 Å². The third-order valence-corrected chi connectivity index (χ3v) is 3.06. The molecule has 0 aromatic heterocycles. The second kappa shape index (κ2) is 10.2. The fourth-order valence-corrected chi connectivity index (χ4v) is 1.91. The van der Waals surface area contributed by atoms with Crippen molar-refractivity contribution in [3.8, 4) is 0 Å². The quantitative estimate of drug-likeness (QED) is 0.202. The van der Waals surface area contributed by atoms with Gasteiger partial charge in [0.25, 0.3) is 0 Å². The van der Waals surface area contributed by atoms with Gasteiger partial charge in [0, 0.05) is 19.6 Å². The molecule has 0 bridgehead atoms. The average Bonchev–Trinajstić information content (AvgIpc) is 2.49. The molecule has 1 rings (SSSR count). The SMILES string of the molecule is CCOCc1ccccc1CNCCCCC(N)=NO. The first-order valence-electron chi connectivity index (χ1n) is 7.09. The molecule has 0 unspecified atom stereocenters. The third-order valence-electron chi connectivity index (χ3n) is 3.06. The fourth-order valence-electron chi connectivity index (χ4n) is 1.91. The van der Waals surface area contributed by atoms with Crippen molar-refractivity contribution >= 4 is 5.84 Å². The smallest absolute Gasteiger partial charge is 0.139 e. The molecule has 0 radical (unpaired) electrons. The number of nitrogens with two attached hydrogens (primary N) is 1. The Hall–Kier alpha value is -1.59. The Morgan fingerprint density at radius 1 is 1.30 bits per heavy atom. The predicted molar refractivity (Wildman–Crippen MR) is 80.7 cm³/mol. The van der Waals surface area contributed by atoms with Crippen LogP contribution in [0.5, 0.6) is 0 Å². The predicted octanol–water partition coefficient (Wildman–Crippen LogP) is 2.23. The Morgan fingerprint density at radius 3 is 2.75 bits per heavy atom. The van der Waals surface area contributed by atoms with Gasteiger partial charge in [-0.25, -0.2) is 0 Å². The van der Waals surface area contributed by atoms with Crippen LogP contribution in [0, 0.1) is 0 Å². The summed E-state index contributed by atoms with van der Waals surface area (Å²) in [7, 11) is 0. The van der Waals surface area contributed by atoms with Crippen molar-refractivity contribution in [3.63, 3.8) is 0 Å². The van der Waals surface area contributed by atoms with Crippen LogP contribution in [0.3, 0.4) is 0 Å². The van der Waals surface area contributed by atoms with Gasteiger partial charge in [-0.2, -0.15) is 0 Å². The van der Waals surface area contributed by atoms with Crippen LogP contribution in [-0.2, 0) is 17.9 Å². The molecule has 0 heterocycles. The first-order chi connectivity index (χ1) is 9.77. The largest absolute Gasteiger partial charge is 0.409 e. The normalized spacial score (nSPS) is 11.8. The van der Waals surface area contributed by atoms with Gasteiger partial charge in [0.05, 0.1) is 6.61 Å². The van der Waals surface area contributed by atoms with Crippen molar-refractivity contribution < 1.29 is 9.94 Å². The minimum atomic E-state index is 0.298. The monoisotopic (exact) mass is 279 g/mol. The lowest BCUT2D eigenvalue weighted by Crippen LogP contribution is -2.17. The summed E-state index contributed by atoms with van der Waals surface area (Å²) in [6.45, 7) is 5.16. The summed E-state index contributed by atoms with van der Waals surface area (Å²) in [6, 6.07) is 8.31. The summed E-state index contributed by atoms with van der Waals surface area (Å²) in [5.41, 5.74) is 7.92. The standard InChI is InChI=1S/C15H25N3O2/c1-2-20-12-14-8-4-3-7-13(14)11-17-10-6-5-9-15(16)18-19/h3-4,7-8,17,19H,2,5-6,9-12H2,1H3,(H2,16,18). The number of hydrogen-bond acceptors (Lipinski definition) is 4. The van der Waals surface area contributed by atoms with E-state index in [0.29, 0.717) is 18.9 Å². The Balaban J connectivity index is 2.24. The van der Waals surface area contributed by atoms with E-state index in [0.717, 1.165) is 32.5 Å². The first-order valence-corrected chi connectivity index (χ1v) is 7.09. The summed E-state index contributed by atoms with van der Waals surface area (Å²) in [5.74, 6) is 0.298. The third kappa shape index (κ3) is 6.54. The van der Waals surface area contributed by atoms with E-state index in [1.54, 1.807) is 0 Å². The lowest BCUT2D eigenvalue weighted by atomic mass is 10.1. The molecule has 0 fully saturated rings. The zero-order valence-corrected chi connectivity index (χ0v) is 12.1. The van der Waals surface area contributed by atoms with E-state index in [-0.39, 0.29) is 0 Å². The highest BCUT2D eigenvalue weighted by Gasteiger charge is 2.01. The molecule has 0 saturated heterocycles. The van der Waals surface area contributed by atoms with E-state index in [2.05, 4.69) is 22.6 Å². The topological polar surface area (TPSA) is 79.9 Å². The van der Waals surface area contributed by atoms with Crippen LogP contribution < -0.4 is 11.1 Å². The number of oxime groups is 1. The molecule has 1 aromatic rings. The number of unbranched alkanes of at least 4 members (excludes halogenated alkanes) is 1. The number of amidine groups is 1. The Morgan fingerprint density at radius 2 is 2.05 bits per heavy atom. The summed E-state index contributed by atoms with van der Waals surface area (Å²) in [4.78, 5) is 0. The zero-order valence-electron chi connectivity index (χ0n) is 12.1. The Labute approximate surface area is 120 Å². The molecule has 0 aliphatic carbocycles. The second-order valence-electron chi connectivity index (χ2n) is 4.63. The Kier molecular flexibility index (Phi) is 8.42. The molecule has 5 heteroatoms. The van der Waals surface area contributed by atoms with Gasteiger partial charge in [0.1, 0.15) is 5.84 Å². The number of nitrogens with one attached hydrogen (secondary N) is 1. The molecule has 0 spiro atoms. The minimum Gasteiger partial charge on any atom is -0.409 e. The van der Waals surface area contributed by atoms with Gasteiger partial charge < -0.3 is 21.0 Å². The van der Waals surface area contributed by atoms with Gasteiger partial charge in [0.15, 0.2) is 0 Å². The molecule has 112 valence electrons. The number of benzene rings is 1. The van der Waals surface area contributed by atoms with Crippen LogP contribution in [0.15, 0.2) is 29.4 Å². The van der Waals surface area contributed by atoms with E-state index >= 15 is 0 Å². The van der Waals surface area contributed by atoms with Crippen molar-refractivity contribution in [2.24, 2.45) is 10.9 Å². The van der Waals surface area contributed by atoms with Gasteiger partial charge in [-0.3, -0.25) is 0 Å². The molecular formula is C15H25N3O2. The molecule has 0 atom stereocenters. The molecule has 0 saturated carbocycles. The first kappa shape index (κ1) is 16.5. The zero-order chi connectivity index (χ0) is 14.6. The van der Waals surface area contributed by atoms with Gasteiger partial charge in [-0.15, -0.1) is 0 Å². The van der Waals surface area contributed by atoms with Gasteiger partial charge in [-0.05, 0) is 37.4 Å². The van der Waals surface area contributed by atoms with E-state index in [4.69, 9.17) is 15.7 Å². The number of nitrogens with zero attached hydrogens (tertiary/aromatic N) is 1. The van der Waals surface area contributed by atoms with Crippen LogP contribution in [0.4, 0.5) is 0 Å². The van der Waals surface area contributed by atoms with Crippen molar-refractivity contribution in [3.05, 3.63) is 35.4 Å². The minimum absolute atomic E-state index is 0.298. The lowest BCUT2D eigenvalue weighted by Gasteiger charge is -2.10. The number of hydrogen-bond donors (Lipinski definition) is 3. The van der Waals surface area contributed by atoms with E-state index < -0.39 is 0 Å². The molecular weight excluding hydrogens is 254 g/mol. The molecule has 0 amide bonds. The maximum Gasteiger partial charge on any atom is 0.139 e. The van der Waals surface area contributed by atoms with E-state index in [1.807, 2.05) is 19.1 Å². The van der Waals surface area contributed by atoms with Crippen LogP contribution >= 0.6 is 0 Å². The molecule has 20 heavy (non-hydrogen) atoms. The maximum atomic E-state index is 8.42. The van der Waals surface area contributed by atoms with Crippen LogP contribution in [0.25, 0.3) is 0 Å². The summed E-state index contributed by atoms with van der Waals surface area (Å²) >= 11 is 0. The molecule has 0 aliphatic rings. The molecule has 0 aliphatic heterocycles. The molecule has 1 aromatic carbocycles. The van der Waals surface area contributed by atoms with E-state index in [9.17, 15) is 0 Å². The van der Waals surface area contributed by atoms with Crippen LogP contribution in [0.1, 0.15) is 37.3 Å². The number of ether oxygens (including phenoxy) is 1. The second-order valence-corrected chi connectivity index (χ2v) is 4.63. The summed E-state index contributed by atoms with van der Waals surface area (Å²) in [5, 5.41) is 14.8. The highest BCUT2D eigenvalue weighted by molar-refractivity contribution is 5.79. The fraction of sp³-hybridized carbons (Fsp3) is 0.533. The van der Waals surface area contributed by atoms with Crippen LogP contribution in [-0.4, -0.2) is 24.2 Å². The van der Waals surface area contributed by atoms with Gasteiger partial charge in [-0.1, -0.05) is 29.4 Å². The summed E-state index contributed by atoms with van der Waals surface area (Å²) < 4.78 is 5.47. The Bertz CT molecular complexity index is 408. The van der Waals surface area contributed by atoms with Crippen LogP contribution in [0.2, 0.25) is 0 Å². The number of rotatable bonds is 10. The van der Waals surface area contributed by atoms with E-state index in [1.165, 1.54) is 11.1 Å².